The third-order valence-electron chi connectivity index (χ3n) is 3.56. The molecule has 0 atom stereocenters. The highest BCUT2D eigenvalue weighted by Gasteiger charge is 2.46. The van der Waals surface area contributed by atoms with E-state index in [0.717, 1.165) is 0 Å². The number of aliphatic carboxylic acids is 2. The van der Waals surface area contributed by atoms with Gasteiger partial charge in [-0.25, -0.2) is 14.4 Å². The van der Waals surface area contributed by atoms with Gasteiger partial charge in [-0.2, -0.15) is 0 Å². The lowest BCUT2D eigenvalue weighted by atomic mass is 9.84. The van der Waals surface area contributed by atoms with Gasteiger partial charge in [0.25, 0.3) is 5.60 Å². The van der Waals surface area contributed by atoms with E-state index in [4.69, 9.17) is 14.9 Å². The number of ether oxygens (including phenoxy) is 1. The number of carbonyl (C=O) groups excluding carboxylic acids is 1. The van der Waals surface area contributed by atoms with Gasteiger partial charge in [0.1, 0.15) is 5.60 Å². The van der Waals surface area contributed by atoms with Gasteiger partial charge in [0.2, 0.25) is 0 Å². The van der Waals surface area contributed by atoms with E-state index in [1.807, 2.05) is 0 Å². The minimum atomic E-state index is -2.78. The van der Waals surface area contributed by atoms with Gasteiger partial charge in [-0.05, 0) is 39.5 Å². The molecule has 1 aliphatic heterocycles. The van der Waals surface area contributed by atoms with Gasteiger partial charge < -0.3 is 25.0 Å². The van der Waals surface area contributed by atoms with Gasteiger partial charge in [0.05, 0.1) is 0 Å². The number of carboxylic acids is 2. The molecule has 0 aromatic carbocycles. The Bertz CT molecular complexity index is 433. The fourth-order valence-electron chi connectivity index (χ4n) is 2.33. The van der Waals surface area contributed by atoms with E-state index in [1.165, 1.54) is 4.90 Å². The second-order valence-corrected chi connectivity index (χ2v) is 6.59. The van der Waals surface area contributed by atoms with Gasteiger partial charge in [-0.1, -0.05) is 0 Å². The van der Waals surface area contributed by atoms with Crippen LogP contribution in [-0.2, 0) is 14.3 Å². The minimum absolute atomic E-state index is 0.282. The molecule has 1 fully saturated rings. The van der Waals surface area contributed by atoms with Crippen LogP contribution < -0.4 is 0 Å². The first-order valence-corrected chi connectivity index (χ1v) is 7.13. The number of carbonyl (C=O) groups is 3. The lowest BCUT2D eigenvalue weighted by Gasteiger charge is -2.35. The first-order chi connectivity index (χ1) is 9.95. The maximum Gasteiger partial charge on any atom is 0.410 e. The second kappa shape index (κ2) is 6.51. The Morgan fingerprint density at radius 2 is 1.55 bits per heavy atom. The molecular formula is C14H23NO7. The van der Waals surface area contributed by atoms with Crippen molar-refractivity contribution < 1.29 is 34.4 Å². The second-order valence-electron chi connectivity index (χ2n) is 6.59. The van der Waals surface area contributed by atoms with Crippen molar-refractivity contribution in [2.75, 3.05) is 13.1 Å². The summed E-state index contributed by atoms with van der Waals surface area (Å²) >= 11 is 0. The predicted molar refractivity (Wildman–Crippen MR) is 75.4 cm³/mol. The molecule has 1 saturated heterocycles. The maximum absolute atomic E-state index is 11.9. The molecule has 1 rings (SSSR count). The van der Waals surface area contributed by atoms with Crippen LogP contribution in [0.4, 0.5) is 4.79 Å². The van der Waals surface area contributed by atoms with Gasteiger partial charge in [-0.3, -0.25) is 0 Å². The van der Waals surface area contributed by atoms with Crippen LogP contribution in [0.25, 0.3) is 0 Å². The summed E-state index contributed by atoms with van der Waals surface area (Å²) in [6.45, 7) is 5.97. The van der Waals surface area contributed by atoms with Crippen molar-refractivity contribution in [1.29, 1.82) is 0 Å². The summed E-state index contributed by atoms with van der Waals surface area (Å²) in [4.78, 5) is 35.3. The number of rotatable bonds is 4. The Kier molecular flexibility index (Phi) is 5.39. The van der Waals surface area contributed by atoms with Crippen molar-refractivity contribution in [1.82, 2.24) is 4.90 Å². The van der Waals surface area contributed by atoms with Crippen LogP contribution >= 0.6 is 0 Å². The van der Waals surface area contributed by atoms with E-state index in [2.05, 4.69) is 0 Å². The third kappa shape index (κ3) is 4.59. The molecule has 126 valence electrons. The monoisotopic (exact) mass is 317 g/mol. The van der Waals surface area contributed by atoms with Crippen molar-refractivity contribution in [2.24, 2.45) is 5.92 Å². The summed E-state index contributed by atoms with van der Waals surface area (Å²) in [5.74, 6) is -3.82. The van der Waals surface area contributed by atoms with Crippen LogP contribution in [0, 0.1) is 5.92 Å². The molecule has 0 bridgehead atoms. The van der Waals surface area contributed by atoms with E-state index in [0.29, 0.717) is 25.9 Å². The molecule has 1 heterocycles. The average Bonchev–Trinajstić information content (AvgIpc) is 2.36. The number of hydrogen-bond acceptors (Lipinski definition) is 5. The lowest BCUT2D eigenvalue weighted by molar-refractivity contribution is -0.178. The summed E-state index contributed by atoms with van der Waals surface area (Å²) < 4.78 is 5.24. The SMILES string of the molecule is CC(C)(C)OC(=O)N1CCC(CC(O)(C(=O)O)C(=O)O)CC1. The molecule has 3 N–H and O–H groups in total. The molecule has 1 aliphatic rings. The van der Waals surface area contributed by atoms with Crippen molar-refractivity contribution >= 4 is 18.0 Å². The number of nitrogens with zero attached hydrogens (tertiary/aromatic N) is 1. The molecule has 22 heavy (non-hydrogen) atoms. The largest absolute Gasteiger partial charge is 0.479 e. The molecule has 0 saturated carbocycles. The van der Waals surface area contributed by atoms with E-state index in [9.17, 15) is 19.5 Å². The normalized spacial score (nSPS) is 17.2. The fourth-order valence-corrected chi connectivity index (χ4v) is 2.33. The van der Waals surface area contributed by atoms with Crippen molar-refractivity contribution in [3.8, 4) is 0 Å². The van der Waals surface area contributed by atoms with Crippen LogP contribution in [0.3, 0.4) is 0 Å². The maximum atomic E-state index is 11.9. The predicted octanol–water partition coefficient (Wildman–Crippen LogP) is 0.924. The van der Waals surface area contributed by atoms with E-state index >= 15 is 0 Å². The zero-order chi connectivity index (χ0) is 17.1. The highest BCUT2D eigenvalue weighted by Crippen LogP contribution is 2.28. The van der Waals surface area contributed by atoms with Crippen molar-refractivity contribution in [3.63, 3.8) is 0 Å². The molecule has 0 aromatic rings. The number of hydrogen-bond donors (Lipinski definition) is 3. The Balaban J connectivity index is 2.57. The smallest absolute Gasteiger partial charge is 0.410 e. The highest BCUT2D eigenvalue weighted by molar-refractivity contribution is 6.01. The van der Waals surface area contributed by atoms with E-state index in [-0.39, 0.29) is 12.3 Å². The van der Waals surface area contributed by atoms with Gasteiger partial charge in [-0.15, -0.1) is 0 Å². The zero-order valence-corrected chi connectivity index (χ0v) is 13.0. The zero-order valence-electron chi connectivity index (χ0n) is 13.0. The Morgan fingerprint density at radius 1 is 1.09 bits per heavy atom. The topological polar surface area (TPSA) is 124 Å². The summed E-state index contributed by atoms with van der Waals surface area (Å²) in [5.41, 5.74) is -3.38. The molecule has 0 aliphatic carbocycles. The summed E-state index contributed by atoms with van der Waals surface area (Å²) in [5, 5.41) is 27.5. The molecule has 8 nitrogen and oxygen atoms in total. The first kappa shape index (κ1) is 18.2. The summed E-state index contributed by atoms with van der Waals surface area (Å²) in [7, 11) is 0. The number of aliphatic hydroxyl groups is 1. The lowest BCUT2D eigenvalue weighted by Crippen LogP contribution is -2.50. The Morgan fingerprint density at radius 3 is 1.91 bits per heavy atom. The number of amides is 1. The van der Waals surface area contributed by atoms with Crippen LogP contribution in [0.15, 0.2) is 0 Å². The average molecular weight is 317 g/mol. The minimum Gasteiger partial charge on any atom is -0.479 e. The Hall–Kier alpha value is -1.83. The van der Waals surface area contributed by atoms with Crippen LogP contribution in [0.2, 0.25) is 0 Å². The van der Waals surface area contributed by atoms with Crippen molar-refractivity contribution in [3.05, 3.63) is 0 Å². The standard InChI is InChI=1S/C14H23NO7/c1-13(2,3)22-12(20)15-6-4-9(5-7-15)8-14(21,10(16)17)11(18)19/h9,21H,4-8H2,1-3H3,(H,16,17)(H,18,19). The molecule has 8 heteroatoms. The molecule has 0 aromatic heterocycles. The molecule has 0 spiro atoms. The Labute approximate surface area is 128 Å². The van der Waals surface area contributed by atoms with Crippen LogP contribution in [-0.4, -0.2) is 62.5 Å². The number of carboxylic acid groups (broad SMARTS) is 2. The first-order valence-electron chi connectivity index (χ1n) is 7.13. The number of likely N-dealkylation sites (tertiary alicyclic amines) is 1. The van der Waals surface area contributed by atoms with Crippen molar-refractivity contribution in [2.45, 2.75) is 51.2 Å². The fraction of sp³-hybridized carbons (Fsp3) is 0.786. The molecule has 0 unspecified atom stereocenters. The van der Waals surface area contributed by atoms with Crippen LogP contribution in [0.1, 0.15) is 40.0 Å². The van der Waals surface area contributed by atoms with E-state index < -0.39 is 29.2 Å². The molecule has 1 amide bonds. The van der Waals surface area contributed by atoms with Gasteiger partial charge in [0, 0.05) is 19.5 Å². The quantitative estimate of drug-likeness (QED) is 0.658. The molecule has 0 radical (unpaired) electrons. The van der Waals surface area contributed by atoms with E-state index in [1.54, 1.807) is 20.8 Å². The highest BCUT2D eigenvalue weighted by atomic mass is 16.6. The van der Waals surface area contributed by atoms with Crippen LogP contribution in [0.5, 0.6) is 0 Å². The third-order valence-corrected chi connectivity index (χ3v) is 3.56. The summed E-state index contributed by atoms with van der Waals surface area (Å²) in [6, 6.07) is 0. The molecular weight excluding hydrogens is 294 g/mol. The summed E-state index contributed by atoms with van der Waals surface area (Å²) in [6.07, 6.45) is 0.0158. The van der Waals surface area contributed by atoms with Gasteiger partial charge in [0.15, 0.2) is 0 Å². The van der Waals surface area contributed by atoms with Gasteiger partial charge >= 0.3 is 18.0 Å². The number of piperidine rings is 1.